The van der Waals surface area contributed by atoms with Gasteiger partial charge in [0.05, 0.1) is 18.2 Å². The van der Waals surface area contributed by atoms with Crippen LogP contribution in [-0.2, 0) is 4.79 Å². The van der Waals surface area contributed by atoms with Gasteiger partial charge in [-0.2, -0.15) is 0 Å². The van der Waals surface area contributed by atoms with Gasteiger partial charge in [0, 0.05) is 17.1 Å². The topological polar surface area (TPSA) is 77.0 Å². The third-order valence-electron chi connectivity index (χ3n) is 4.01. The predicted molar refractivity (Wildman–Crippen MR) is 113 cm³/mol. The maximum Gasteiger partial charge on any atom is 0.235 e. The molecule has 0 unspecified atom stereocenters. The molecule has 3 heterocycles. The fraction of sp³-hybridized carbons (Fsp3) is 0.100. The van der Waals surface area contributed by atoms with Crippen LogP contribution in [0.3, 0.4) is 0 Å². The number of carbonyl (C=O) groups excluding carboxylic acids is 1. The van der Waals surface area contributed by atoms with Crippen LogP contribution in [-0.4, -0.2) is 33.7 Å². The number of anilines is 1. The Labute approximate surface area is 170 Å². The number of fused-ring (bicyclic) bond motifs is 1. The molecule has 0 saturated heterocycles. The molecule has 0 aliphatic rings. The van der Waals surface area contributed by atoms with Crippen molar-refractivity contribution in [2.75, 3.05) is 18.2 Å². The molecule has 0 saturated carbocycles. The van der Waals surface area contributed by atoms with Crippen LogP contribution in [0.5, 0.6) is 5.75 Å². The number of aromatic nitrogens is 3. The molecule has 28 heavy (non-hydrogen) atoms. The Balaban J connectivity index is 1.57. The van der Waals surface area contributed by atoms with E-state index in [2.05, 4.69) is 25.6 Å². The van der Waals surface area contributed by atoms with Crippen molar-refractivity contribution in [3.05, 3.63) is 60.4 Å². The maximum absolute atomic E-state index is 12.3. The minimum absolute atomic E-state index is 0.128. The minimum atomic E-state index is -0.128. The lowest BCUT2D eigenvalue weighted by atomic mass is 10.1. The SMILES string of the molecule is COc1ccc(-c2csc3ncnc(SCC(=O)Nc4ccccn4)c23)cc1. The maximum atomic E-state index is 12.3. The highest BCUT2D eigenvalue weighted by Gasteiger charge is 2.15. The lowest BCUT2D eigenvalue weighted by Gasteiger charge is -2.07. The Morgan fingerprint density at radius 1 is 1.14 bits per heavy atom. The highest BCUT2D eigenvalue weighted by molar-refractivity contribution is 8.00. The predicted octanol–water partition coefficient (Wildman–Crippen LogP) is 4.49. The van der Waals surface area contributed by atoms with E-state index in [1.165, 1.54) is 18.1 Å². The van der Waals surface area contributed by atoms with Gasteiger partial charge in [-0.1, -0.05) is 30.0 Å². The van der Waals surface area contributed by atoms with Crippen molar-refractivity contribution in [1.29, 1.82) is 0 Å². The molecule has 3 aromatic heterocycles. The molecule has 0 aliphatic carbocycles. The number of carbonyl (C=O) groups is 1. The Morgan fingerprint density at radius 2 is 2.00 bits per heavy atom. The molecule has 8 heteroatoms. The molecule has 140 valence electrons. The molecule has 4 rings (SSSR count). The van der Waals surface area contributed by atoms with Crippen molar-refractivity contribution >= 4 is 45.0 Å². The van der Waals surface area contributed by atoms with Crippen LogP contribution in [0.15, 0.2) is 65.4 Å². The number of pyridine rings is 1. The Hall–Kier alpha value is -2.97. The van der Waals surface area contributed by atoms with E-state index < -0.39 is 0 Å². The van der Waals surface area contributed by atoms with Gasteiger partial charge in [-0.25, -0.2) is 15.0 Å². The first-order valence-electron chi connectivity index (χ1n) is 8.45. The molecule has 0 radical (unpaired) electrons. The molecule has 1 N–H and O–H groups in total. The highest BCUT2D eigenvalue weighted by atomic mass is 32.2. The van der Waals surface area contributed by atoms with E-state index in [1.807, 2.05) is 30.3 Å². The summed E-state index contributed by atoms with van der Waals surface area (Å²) in [7, 11) is 1.65. The van der Waals surface area contributed by atoms with E-state index in [1.54, 1.807) is 36.8 Å². The van der Waals surface area contributed by atoms with Crippen molar-refractivity contribution in [2.45, 2.75) is 5.03 Å². The summed E-state index contributed by atoms with van der Waals surface area (Å²) in [5.74, 6) is 1.45. The van der Waals surface area contributed by atoms with E-state index in [9.17, 15) is 4.79 Å². The molecule has 0 aliphatic heterocycles. The van der Waals surface area contributed by atoms with Gasteiger partial charge in [0.1, 0.15) is 27.8 Å². The normalized spacial score (nSPS) is 10.8. The van der Waals surface area contributed by atoms with Gasteiger partial charge < -0.3 is 10.1 Å². The zero-order chi connectivity index (χ0) is 19.3. The van der Waals surface area contributed by atoms with Crippen LogP contribution in [0.1, 0.15) is 0 Å². The van der Waals surface area contributed by atoms with Gasteiger partial charge in [0.25, 0.3) is 0 Å². The van der Waals surface area contributed by atoms with Crippen molar-refractivity contribution in [3.63, 3.8) is 0 Å². The number of amides is 1. The van der Waals surface area contributed by atoms with Gasteiger partial charge in [0.2, 0.25) is 5.91 Å². The summed E-state index contributed by atoms with van der Waals surface area (Å²) >= 11 is 2.95. The third kappa shape index (κ3) is 3.97. The van der Waals surface area contributed by atoms with Crippen molar-refractivity contribution in [3.8, 4) is 16.9 Å². The first kappa shape index (κ1) is 18.4. The zero-order valence-electron chi connectivity index (χ0n) is 15.0. The smallest absolute Gasteiger partial charge is 0.235 e. The van der Waals surface area contributed by atoms with Gasteiger partial charge in [-0.15, -0.1) is 11.3 Å². The number of ether oxygens (including phenoxy) is 1. The van der Waals surface area contributed by atoms with Gasteiger partial charge >= 0.3 is 0 Å². The number of hydrogen-bond acceptors (Lipinski definition) is 7. The number of benzene rings is 1. The van der Waals surface area contributed by atoms with Crippen molar-refractivity contribution in [2.24, 2.45) is 0 Å². The first-order chi connectivity index (χ1) is 13.7. The fourth-order valence-corrected chi connectivity index (χ4v) is 4.48. The molecule has 0 fully saturated rings. The number of rotatable bonds is 6. The molecule has 1 aromatic carbocycles. The van der Waals surface area contributed by atoms with Gasteiger partial charge in [-0.3, -0.25) is 4.79 Å². The summed E-state index contributed by atoms with van der Waals surface area (Å²) in [6.45, 7) is 0. The lowest BCUT2D eigenvalue weighted by molar-refractivity contribution is -0.113. The molecule has 0 spiro atoms. The molecule has 4 aromatic rings. The molecular weight excluding hydrogens is 392 g/mol. The van der Waals surface area contributed by atoms with Crippen LogP contribution in [0.4, 0.5) is 5.82 Å². The van der Waals surface area contributed by atoms with E-state index in [-0.39, 0.29) is 11.7 Å². The zero-order valence-corrected chi connectivity index (χ0v) is 16.6. The fourth-order valence-electron chi connectivity index (χ4n) is 2.69. The number of thioether (sulfide) groups is 1. The number of hydrogen-bond donors (Lipinski definition) is 1. The summed E-state index contributed by atoms with van der Waals surface area (Å²) in [6, 6.07) is 13.3. The monoisotopic (exact) mass is 408 g/mol. The molecular formula is C20H16N4O2S2. The molecule has 6 nitrogen and oxygen atoms in total. The van der Waals surface area contributed by atoms with Gasteiger partial charge in [0.15, 0.2) is 0 Å². The number of methoxy groups -OCH3 is 1. The summed E-state index contributed by atoms with van der Waals surface area (Å²) in [4.78, 5) is 26.1. The quantitative estimate of drug-likeness (QED) is 0.374. The second kappa shape index (κ2) is 8.37. The van der Waals surface area contributed by atoms with Crippen molar-refractivity contribution in [1.82, 2.24) is 15.0 Å². The minimum Gasteiger partial charge on any atom is -0.497 e. The van der Waals surface area contributed by atoms with Crippen LogP contribution in [0.2, 0.25) is 0 Å². The summed E-state index contributed by atoms with van der Waals surface area (Å²) in [5, 5.41) is 6.61. The number of nitrogens with one attached hydrogen (secondary N) is 1. The summed E-state index contributed by atoms with van der Waals surface area (Å²) < 4.78 is 5.24. The molecule has 0 atom stereocenters. The van der Waals surface area contributed by atoms with Crippen LogP contribution < -0.4 is 10.1 Å². The van der Waals surface area contributed by atoms with E-state index >= 15 is 0 Å². The van der Waals surface area contributed by atoms with Gasteiger partial charge in [-0.05, 0) is 29.8 Å². The average Bonchev–Trinajstić information content (AvgIpc) is 3.18. The summed E-state index contributed by atoms with van der Waals surface area (Å²) in [5.41, 5.74) is 2.11. The second-order valence-corrected chi connectivity index (χ2v) is 7.61. The van der Waals surface area contributed by atoms with E-state index in [0.29, 0.717) is 5.82 Å². The Kier molecular flexibility index (Phi) is 5.50. The Morgan fingerprint density at radius 3 is 2.75 bits per heavy atom. The number of thiophene rings is 1. The highest BCUT2D eigenvalue weighted by Crippen LogP contribution is 2.38. The van der Waals surface area contributed by atoms with Crippen molar-refractivity contribution < 1.29 is 9.53 Å². The summed E-state index contributed by atoms with van der Waals surface area (Å²) in [6.07, 6.45) is 3.18. The second-order valence-electron chi connectivity index (χ2n) is 5.79. The lowest BCUT2D eigenvalue weighted by Crippen LogP contribution is -2.14. The molecule has 1 amide bonds. The average molecular weight is 409 g/mol. The Bertz CT molecular complexity index is 1100. The standard InChI is InChI=1S/C20H16N4O2S2/c1-26-14-7-5-13(6-8-14)15-10-27-19-18(15)20(23-12-22-19)28-11-17(25)24-16-4-2-3-9-21-16/h2-10,12H,11H2,1H3,(H,21,24,25). The molecule has 0 bridgehead atoms. The van der Waals surface area contributed by atoms with Crippen LogP contribution in [0, 0.1) is 0 Å². The third-order valence-corrected chi connectivity index (χ3v) is 5.88. The first-order valence-corrected chi connectivity index (χ1v) is 10.3. The number of nitrogens with zero attached hydrogens (tertiary/aromatic N) is 3. The van der Waals surface area contributed by atoms with E-state index in [4.69, 9.17) is 4.74 Å². The van der Waals surface area contributed by atoms with E-state index in [0.717, 1.165) is 32.1 Å². The largest absolute Gasteiger partial charge is 0.497 e. The van der Waals surface area contributed by atoms with Crippen LogP contribution >= 0.6 is 23.1 Å². The van der Waals surface area contributed by atoms with Crippen LogP contribution in [0.25, 0.3) is 21.3 Å².